The van der Waals surface area contributed by atoms with E-state index in [1.165, 1.54) is 13.5 Å². The summed E-state index contributed by atoms with van der Waals surface area (Å²) in [5, 5.41) is 9.53. The molecule has 1 heterocycles. The third-order valence-electron chi connectivity index (χ3n) is 3.77. The normalized spacial score (nSPS) is 15.4. The lowest BCUT2D eigenvalue weighted by atomic mass is 10.1. The SMILES string of the molecule is COc1cc(CC/C=C/C(=O)N2CCCCC2)ccc1O. The van der Waals surface area contributed by atoms with Crippen LogP contribution in [0.3, 0.4) is 0 Å². The zero-order valence-corrected chi connectivity index (χ0v) is 12.5. The number of benzene rings is 1. The number of carbonyl (C=O) groups is 1. The van der Waals surface area contributed by atoms with E-state index in [-0.39, 0.29) is 11.7 Å². The maximum Gasteiger partial charge on any atom is 0.246 e. The zero-order chi connectivity index (χ0) is 15.1. The maximum atomic E-state index is 11.9. The van der Waals surface area contributed by atoms with Gasteiger partial charge in [0, 0.05) is 13.1 Å². The average molecular weight is 289 g/mol. The molecule has 0 unspecified atom stereocenters. The highest BCUT2D eigenvalue weighted by Crippen LogP contribution is 2.26. The van der Waals surface area contributed by atoms with Crippen LogP contribution in [0, 0.1) is 0 Å². The molecule has 0 saturated carbocycles. The van der Waals surface area contributed by atoms with E-state index in [2.05, 4.69) is 0 Å². The lowest BCUT2D eigenvalue weighted by Gasteiger charge is -2.25. The predicted molar refractivity (Wildman–Crippen MR) is 82.6 cm³/mol. The Kier molecular flexibility index (Phi) is 5.67. The van der Waals surface area contributed by atoms with Gasteiger partial charge in [-0.2, -0.15) is 0 Å². The fourth-order valence-electron chi connectivity index (χ4n) is 2.53. The van der Waals surface area contributed by atoms with E-state index in [1.54, 1.807) is 12.1 Å². The predicted octanol–water partition coefficient (Wildman–Crippen LogP) is 2.90. The number of ether oxygens (including phenoxy) is 1. The number of amides is 1. The van der Waals surface area contributed by atoms with Crippen molar-refractivity contribution < 1.29 is 14.6 Å². The summed E-state index contributed by atoms with van der Waals surface area (Å²) in [6, 6.07) is 5.34. The van der Waals surface area contributed by atoms with E-state index in [4.69, 9.17) is 4.74 Å². The largest absolute Gasteiger partial charge is 0.504 e. The second kappa shape index (κ2) is 7.72. The van der Waals surface area contributed by atoms with Crippen LogP contribution in [0.4, 0.5) is 0 Å². The number of aromatic hydroxyl groups is 1. The van der Waals surface area contributed by atoms with Crippen LogP contribution in [0.15, 0.2) is 30.4 Å². The maximum absolute atomic E-state index is 11.9. The summed E-state index contributed by atoms with van der Waals surface area (Å²) < 4.78 is 5.08. The van der Waals surface area contributed by atoms with Gasteiger partial charge in [0.15, 0.2) is 11.5 Å². The summed E-state index contributed by atoms with van der Waals surface area (Å²) in [6.45, 7) is 1.77. The molecular weight excluding hydrogens is 266 g/mol. The van der Waals surface area contributed by atoms with Crippen molar-refractivity contribution in [2.75, 3.05) is 20.2 Å². The van der Waals surface area contributed by atoms with Gasteiger partial charge in [-0.25, -0.2) is 0 Å². The van der Waals surface area contributed by atoms with Crippen LogP contribution in [-0.2, 0) is 11.2 Å². The van der Waals surface area contributed by atoms with Gasteiger partial charge in [0.25, 0.3) is 0 Å². The number of likely N-dealkylation sites (tertiary alicyclic amines) is 1. The Balaban J connectivity index is 1.80. The van der Waals surface area contributed by atoms with Crippen molar-refractivity contribution >= 4 is 5.91 Å². The summed E-state index contributed by atoms with van der Waals surface area (Å²) in [6.07, 6.45) is 8.70. The van der Waals surface area contributed by atoms with E-state index in [0.29, 0.717) is 5.75 Å². The summed E-state index contributed by atoms with van der Waals surface area (Å²) in [5.41, 5.74) is 1.08. The quantitative estimate of drug-likeness (QED) is 0.848. The minimum absolute atomic E-state index is 0.123. The molecule has 4 nitrogen and oxygen atoms in total. The van der Waals surface area contributed by atoms with E-state index in [0.717, 1.165) is 44.3 Å². The molecule has 1 aliphatic heterocycles. The molecule has 0 spiro atoms. The van der Waals surface area contributed by atoms with E-state index in [1.807, 2.05) is 23.1 Å². The Bertz CT molecular complexity index is 505. The van der Waals surface area contributed by atoms with Gasteiger partial charge in [-0.3, -0.25) is 4.79 Å². The fourth-order valence-corrected chi connectivity index (χ4v) is 2.53. The number of aryl methyl sites for hydroxylation is 1. The monoisotopic (exact) mass is 289 g/mol. The zero-order valence-electron chi connectivity index (χ0n) is 12.5. The Morgan fingerprint density at radius 2 is 2.10 bits per heavy atom. The summed E-state index contributed by atoms with van der Waals surface area (Å²) in [7, 11) is 1.54. The van der Waals surface area contributed by atoms with Crippen molar-refractivity contribution in [2.24, 2.45) is 0 Å². The first kappa shape index (κ1) is 15.4. The number of allylic oxidation sites excluding steroid dienone is 1. The van der Waals surface area contributed by atoms with Gasteiger partial charge in [0.05, 0.1) is 7.11 Å². The minimum Gasteiger partial charge on any atom is -0.504 e. The third kappa shape index (κ3) is 4.52. The molecule has 0 radical (unpaired) electrons. The number of carbonyl (C=O) groups excluding carboxylic acids is 1. The molecule has 0 atom stereocenters. The molecule has 21 heavy (non-hydrogen) atoms. The van der Waals surface area contributed by atoms with Crippen LogP contribution in [0.25, 0.3) is 0 Å². The molecule has 4 heteroatoms. The van der Waals surface area contributed by atoms with Gasteiger partial charge in [0.1, 0.15) is 0 Å². The number of phenols is 1. The average Bonchev–Trinajstić information content (AvgIpc) is 2.53. The van der Waals surface area contributed by atoms with Crippen molar-refractivity contribution in [3.63, 3.8) is 0 Å². The van der Waals surface area contributed by atoms with E-state index >= 15 is 0 Å². The van der Waals surface area contributed by atoms with Crippen molar-refractivity contribution in [3.8, 4) is 11.5 Å². The highest BCUT2D eigenvalue weighted by molar-refractivity contribution is 5.87. The van der Waals surface area contributed by atoms with Gasteiger partial charge in [-0.05, 0) is 55.9 Å². The summed E-state index contributed by atoms with van der Waals surface area (Å²) in [4.78, 5) is 13.9. The topological polar surface area (TPSA) is 49.8 Å². The van der Waals surface area contributed by atoms with Crippen molar-refractivity contribution in [3.05, 3.63) is 35.9 Å². The van der Waals surface area contributed by atoms with Crippen molar-refractivity contribution in [1.29, 1.82) is 0 Å². The minimum atomic E-state index is 0.123. The number of hydrogen-bond donors (Lipinski definition) is 1. The van der Waals surface area contributed by atoms with Gasteiger partial charge in [-0.15, -0.1) is 0 Å². The third-order valence-corrected chi connectivity index (χ3v) is 3.77. The molecule has 1 aromatic carbocycles. The van der Waals surface area contributed by atoms with E-state index in [9.17, 15) is 9.90 Å². The first-order valence-electron chi connectivity index (χ1n) is 7.52. The molecule has 1 N–H and O–H groups in total. The fraction of sp³-hybridized carbons (Fsp3) is 0.471. The molecule has 114 valence electrons. The Labute approximate surface area is 126 Å². The summed E-state index contributed by atoms with van der Waals surface area (Å²) in [5.74, 6) is 0.760. The second-order valence-corrected chi connectivity index (χ2v) is 5.33. The van der Waals surface area contributed by atoms with Gasteiger partial charge < -0.3 is 14.7 Å². The van der Waals surface area contributed by atoms with Gasteiger partial charge >= 0.3 is 0 Å². The smallest absolute Gasteiger partial charge is 0.246 e. The van der Waals surface area contributed by atoms with Crippen LogP contribution in [0.2, 0.25) is 0 Å². The molecule has 0 aromatic heterocycles. The summed E-state index contributed by atoms with van der Waals surface area (Å²) >= 11 is 0. The molecule has 1 fully saturated rings. The number of hydrogen-bond acceptors (Lipinski definition) is 3. The van der Waals surface area contributed by atoms with Crippen LogP contribution in [0.1, 0.15) is 31.2 Å². The number of nitrogens with zero attached hydrogens (tertiary/aromatic N) is 1. The number of phenolic OH excluding ortho intramolecular Hbond substituents is 1. The van der Waals surface area contributed by atoms with Crippen LogP contribution in [0.5, 0.6) is 11.5 Å². The second-order valence-electron chi connectivity index (χ2n) is 5.33. The molecule has 0 bridgehead atoms. The molecule has 2 rings (SSSR count). The van der Waals surface area contributed by atoms with Crippen molar-refractivity contribution in [1.82, 2.24) is 4.90 Å². The molecule has 1 saturated heterocycles. The lowest BCUT2D eigenvalue weighted by Crippen LogP contribution is -2.34. The Morgan fingerprint density at radius 1 is 1.33 bits per heavy atom. The van der Waals surface area contributed by atoms with Gasteiger partial charge in [0.2, 0.25) is 5.91 Å². The highest BCUT2D eigenvalue weighted by Gasteiger charge is 2.13. The molecule has 1 amide bonds. The van der Waals surface area contributed by atoms with E-state index < -0.39 is 0 Å². The first-order valence-corrected chi connectivity index (χ1v) is 7.52. The Hall–Kier alpha value is -1.97. The molecule has 0 aliphatic carbocycles. The molecular formula is C17H23NO3. The van der Waals surface area contributed by atoms with Crippen molar-refractivity contribution in [2.45, 2.75) is 32.1 Å². The number of rotatable bonds is 5. The number of piperidine rings is 1. The standard InChI is InChI=1S/C17H23NO3/c1-21-16-13-14(9-10-15(16)19)7-3-4-8-17(20)18-11-5-2-6-12-18/h4,8-10,13,19H,2-3,5-7,11-12H2,1H3/b8-4+. The Morgan fingerprint density at radius 3 is 2.81 bits per heavy atom. The van der Waals surface area contributed by atoms with Crippen LogP contribution >= 0.6 is 0 Å². The molecule has 1 aromatic rings. The number of methoxy groups -OCH3 is 1. The first-order chi connectivity index (χ1) is 10.2. The van der Waals surface area contributed by atoms with Crippen LogP contribution in [-0.4, -0.2) is 36.1 Å². The molecule has 1 aliphatic rings. The highest BCUT2D eigenvalue weighted by atomic mass is 16.5. The van der Waals surface area contributed by atoms with Crippen LogP contribution < -0.4 is 4.74 Å². The van der Waals surface area contributed by atoms with Gasteiger partial charge in [-0.1, -0.05) is 12.1 Å². The lowest BCUT2D eigenvalue weighted by molar-refractivity contribution is -0.126.